The predicted octanol–water partition coefficient (Wildman–Crippen LogP) is 2.21. The molecule has 28 heavy (non-hydrogen) atoms. The molecule has 3 heterocycles. The van der Waals surface area contributed by atoms with Crippen LogP contribution in [-0.4, -0.2) is 58.5 Å². The minimum absolute atomic E-state index is 0.0612. The second kappa shape index (κ2) is 7.67. The van der Waals surface area contributed by atoms with Crippen molar-refractivity contribution in [2.75, 3.05) is 31.1 Å². The molecule has 2 saturated heterocycles. The van der Waals surface area contributed by atoms with Gasteiger partial charge in [-0.1, -0.05) is 18.2 Å². The maximum atomic E-state index is 13.5. The zero-order valence-corrected chi connectivity index (χ0v) is 16.0. The summed E-state index contributed by atoms with van der Waals surface area (Å²) in [5, 5.41) is 0. The van der Waals surface area contributed by atoms with E-state index in [2.05, 4.69) is 9.97 Å². The molecule has 2 aromatic rings. The quantitative estimate of drug-likeness (QED) is 0.799. The molecule has 0 bridgehead atoms. The first-order chi connectivity index (χ1) is 13.6. The second-order valence-electron chi connectivity index (χ2n) is 7.34. The highest BCUT2D eigenvalue weighted by Gasteiger charge is 2.48. The van der Waals surface area contributed by atoms with Gasteiger partial charge in [0.05, 0.1) is 18.7 Å². The van der Waals surface area contributed by atoms with E-state index in [-0.39, 0.29) is 18.4 Å². The number of nitrogens with zero attached hydrogens (tertiary/aromatic N) is 4. The van der Waals surface area contributed by atoms with Crippen molar-refractivity contribution >= 4 is 17.5 Å². The van der Waals surface area contributed by atoms with Gasteiger partial charge in [0.25, 0.3) is 11.8 Å². The van der Waals surface area contributed by atoms with Crippen LogP contribution in [0.1, 0.15) is 35.4 Å². The molecule has 0 N–H and O–H groups in total. The Hall–Kier alpha value is -2.80. The van der Waals surface area contributed by atoms with Gasteiger partial charge >= 0.3 is 0 Å². The summed E-state index contributed by atoms with van der Waals surface area (Å²) >= 11 is 0. The lowest BCUT2D eigenvalue weighted by atomic mass is 9.93. The maximum Gasteiger partial charge on any atom is 0.261 e. The number of para-hydroxylation sites is 1. The molecule has 2 aliphatic rings. The van der Waals surface area contributed by atoms with Crippen molar-refractivity contribution < 1.29 is 14.3 Å². The third-order valence-electron chi connectivity index (χ3n) is 5.42. The van der Waals surface area contributed by atoms with E-state index < -0.39 is 5.60 Å². The second-order valence-corrected chi connectivity index (χ2v) is 7.34. The van der Waals surface area contributed by atoms with E-state index in [1.807, 2.05) is 30.3 Å². The minimum atomic E-state index is -0.994. The molecule has 1 spiro atoms. The van der Waals surface area contributed by atoms with Crippen molar-refractivity contribution in [2.24, 2.45) is 0 Å². The van der Waals surface area contributed by atoms with Crippen molar-refractivity contribution in [1.29, 1.82) is 0 Å². The molecular weight excluding hydrogens is 356 g/mol. The number of carbonyl (C=O) groups excluding carboxylic acids is 2. The summed E-state index contributed by atoms with van der Waals surface area (Å²) in [6.07, 6.45) is 5.48. The summed E-state index contributed by atoms with van der Waals surface area (Å²) in [7, 11) is 0. The number of anilines is 1. The van der Waals surface area contributed by atoms with Crippen LogP contribution < -0.4 is 4.90 Å². The number of hydrogen-bond acceptors (Lipinski definition) is 5. The van der Waals surface area contributed by atoms with Gasteiger partial charge < -0.3 is 14.5 Å². The molecule has 4 rings (SSSR count). The molecule has 2 aliphatic heterocycles. The number of carbonyl (C=O) groups is 2. The largest absolute Gasteiger partial charge is 0.361 e. The minimum Gasteiger partial charge on any atom is -0.361 e. The van der Waals surface area contributed by atoms with Crippen molar-refractivity contribution in [3.8, 4) is 0 Å². The summed E-state index contributed by atoms with van der Waals surface area (Å²) in [6, 6.07) is 9.66. The molecule has 2 amide bonds. The number of aromatic nitrogens is 2. The summed E-state index contributed by atoms with van der Waals surface area (Å²) in [6.45, 7) is 3.48. The fraction of sp³-hybridized carbons (Fsp3) is 0.429. The molecule has 146 valence electrons. The van der Waals surface area contributed by atoms with Gasteiger partial charge in [-0.3, -0.25) is 9.59 Å². The van der Waals surface area contributed by atoms with Crippen LogP contribution in [0.4, 0.5) is 5.69 Å². The van der Waals surface area contributed by atoms with Crippen molar-refractivity contribution in [2.45, 2.75) is 31.8 Å². The Kier molecular flexibility index (Phi) is 5.09. The first-order valence-electron chi connectivity index (χ1n) is 9.68. The summed E-state index contributed by atoms with van der Waals surface area (Å²) in [5.74, 6) is 0.396. The number of benzene rings is 1. The number of hydrogen-bond donors (Lipinski definition) is 0. The third-order valence-corrected chi connectivity index (χ3v) is 5.42. The zero-order valence-electron chi connectivity index (χ0n) is 16.0. The Morgan fingerprint density at radius 3 is 2.61 bits per heavy atom. The summed E-state index contributed by atoms with van der Waals surface area (Å²) in [4.78, 5) is 38.2. The molecule has 0 saturated carbocycles. The molecular formula is C21H24N4O3. The van der Waals surface area contributed by atoms with Crippen LogP contribution in [0.15, 0.2) is 42.7 Å². The Morgan fingerprint density at radius 2 is 1.86 bits per heavy atom. The smallest absolute Gasteiger partial charge is 0.261 e. The number of ether oxygens (including phenoxy) is 1. The number of amides is 2. The topological polar surface area (TPSA) is 75.6 Å². The van der Waals surface area contributed by atoms with Gasteiger partial charge in [0.1, 0.15) is 5.82 Å². The van der Waals surface area contributed by atoms with Gasteiger partial charge in [-0.25, -0.2) is 9.97 Å². The van der Waals surface area contributed by atoms with Gasteiger partial charge in [0.15, 0.2) is 5.60 Å². The van der Waals surface area contributed by atoms with Crippen molar-refractivity contribution in [3.05, 3.63) is 54.1 Å². The molecule has 7 nitrogen and oxygen atoms in total. The lowest BCUT2D eigenvalue weighted by Crippen LogP contribution is -2.61. The van der Waals surface area contributed by atoms with Gasteiger partial charge in [0, 0.05) is 31.2 Å². The monoisotopic (exact) mass is 380 g/mol. The fourth-order valence-corrected chi connectivity index (χ4v) is 3.91. The van der Waals surface area contributed by atoms with E-state index in [0.29, 0.717) is 37.5 Å². The van der Waals surface area contributed by atoms with Gasteiger partial charge in [-0.05, 0) is 38.3 Å². The van der Waals surface area contributed by atoms with Crippen LogP contribution in [0.5, 0.6) is 0 Å². The highest BCUT2D eigenvalue weighted by atomic mass is 16.5. The molecule has 1 unspecified atom stereocenters. The Balaban J connectivity index is 1.59. The predicted molar refractivity (Wildman–Crippen MR) is 104 cm³/mol. The normalized spacial score (nSPS) is 23.0. The van der Waals surface area contributed by atoms with E-state index in [0.717, 1.165) is 18.5 Å². The molecule has 2 fully saturated rings. The number of aryl methyl sites for hydroxylation is 1. The maximum absolute atomic E-state index is 13.5. The van der Waals surface area contributed by atoms with Crippen LogP contribution in [0.25, 0.3) is 0 Å². The van der Waals surface area contributed by atoms with Crippen LogP contribution in [0.3, 0.4) is 0 Å². The van der Waals surface area contributed by atoms with Crippen LogP contribution in [0, 0.1) is 6.92 Å². The van der Waals surface area contributed by atoms with Crippen LogP contribution >= 0.6 is 0 Å². The highest BCUT2D eigenvalue weighted by molar-refractivity contribution is 6.01. The first kappa shape index (κ1) is 18.6. The van der Waals surface area contributed by atoms with Gasteiger partial charge in [0.2, 0.25) is 0 Å². The zero-order chi connectivity index (χ0) is 19.6. The Bertz CT molecular complexity index is 856. The summed E-state index contributed by atoms with van der Waals surface area (Å²) in [5.41, 5.74) is 0.308. The average molecular weight is 380 g/mol. The Morgan fingerprint density at radius 1 is 1.11 bits per heavy atom. The summed E-state index contributed by atoms with van der Waals surface area (Å²) < 4.78 is 6.07. The molecule has 1 atom stereocenters. The molecule has 0 radical (unpaired) electrons. The standard InChI is InChI=1S/C21H24N4O3/c1-16-22-13-17(14-23-16)19(26)24-11-12-28-21(15-24)9-5-6-10-25(20(21)27)18-7-3-2-4-8-18/h2-4,7-8,13-14H,5-6,9-12,15H2,1H3. The fourth-order valence-electron chi connectivity index (χ4n) is 3.91. The highest BCUT2D eigenvalue weighted by Crippen LogP contribution is 2.32. The van der Waals surface area contributed by atoms with Crippen molar-refractivity contribution in [1.82, 2.24) is 14.9 Å². The number of rotatable bonds is 2. The first-order valence-corrected chi connectivity index (χ1v) is 9.68. The van der Waals surface area contributed by atoms with E-state index in [1.165, 1.54) is 12.4 Å². The molecule has 7 heteroatoms. The molecule has 1 aromatic heterocycles. The molecule has 1 aromatic carbocycles. The number of morpholine rings is 1. The van der Waals surface area contributed by atoms with Gasteiger partial charge in [-0.2, -0.15) is 0 Å². The van der Waals surface area contributed by atoms with E-state index in [9.17, 15) is 9.59 Å². The molecule has 0 aliphatic carbocycles. The average Bonchev–Trinajstić information content (AvgIpc) is 2.88. The van der Waals surface area contributed by atoms with Crippen LogP contribution in [0.2, 0.25) is 0 Å². The van der Waals surface area contributed by atoms with E-state index in [4.69, 9.17) is 4.74 Å². The third kappa shape index (κ3) is 3.49. The van der Waals surface area contributed by atoms with E-state index >= 15 is 0 Å². The lowest BCUT2D eigenvalue weighted by molar-refractivity contribution is -0.155. The Labute approximate surface area is 164 Å². The van der Waals surface area contributed by atoms with E-state index in [1.54, 1.807) is 16.7 Å². The van der Waals surface area contributed by atoms with Gasteiger partial charge in [-0.15, -0.1) is 0 Å². The SMILES string of the molecule is Cc1ncc(C(=O)N2CCOC3(CCCCN(c4ccccc4)C3=O)C2)cn1. The van der Waals surface area contributed by atoms with Crippen molar-refractivity contribution in [3.63, 3.8) is 0 Å². The lowest BCUT2D eigenvalue weighted by Gasteiger charge is -2.42. The van der Waals surface area contributed by atoms with Crippen LogP contribution in [-0.2, 0) is 9.53 Å².